The molecule has 27 heavy (non-hydrogen) atoms. The zero-order valence-electron chi connectivity index (χ0n) is 15.2. The summed E-state index contributed by atoms with van der Waals surface area (Å²) in [4.78, 5) is 17.1. The summed E-state index contributed by atoms with van der Waals surface area (Å²) >= 11 is 0. The minimum Gasteiger partial charge on any atom is -0.381 e. The van der Waals surface area contributed by atoms with Crippen LogP contribution in [-0.4, -0.2) is 74.4 Å². The number of hydrogen-bond acceptors (Lipinski definition) is 4. The molecule has 0 saturated carbocycles. The van der Waals surface area contributed by atoms with E-state index in [1.54, 1.807) is 4.90 Å². The Bertz CT molecular complexity index is 610. The largest absolute Gasteiger partial charge is 0.416 e. The number of nitrogens with zero attached hydrogens (tertiary/aromatic N) is 2. The van der Waals surface area contributed by atoms with Gasteiger partial charge in [-0.2, -0.15) is 13.2 Å². The molecule has 1 amide bonds. The van der Waals surface area contributed by atoms with Crippen LogP contribution in [-0.2, 0) is 15.7 Å². The van der Waals surface area contributed by atoms with E-state index >= 15 is 0 Å². The molecule has 1 aromatic carbocycles. The van der Waals surface area contributed by atoms with Crippen molar-refractivity contribution in [3.8, 4) is 0 Å². The van der Waals surface area contributed by atoms with Crippen LogP contribution in [0.5, 0.6) is 0 Å². The number of carbonyl (C=O) groups excluding carboxylic acids is 1. The molecule has 0 aliphatic carbocycles. The second-order valence-electron chi connectivity index (χ2n) is 6.87. The van der Waals surface area contributed by atoms with Crippen molar-refractivity contribution in [2.45, 2.75) is 25.1 Å². The Morgan fingerprint density at radius 3 is 2.22 bits per heavy atom. The Balaban J connectivity index is 1.71. The fourth-order valence-corrected chi connectivity index (χ4v) is 3.49. The summed E-state index contributed by atoms with van der Waals surface area (Å²) in [5.74, 6) is -0.219. The molecule has 0 unspecified atom stereocenters. The van der Waals surface area contributed by atoms with Crippen molar-refractivity contribution in [2.75, 3.05) is 52.6 Å². The molecule has 2 aliphatic rings. The lowest BCUT2D eigenvalue weighted by atomic mass is 10.0. The fraction of sp³-hybridized carbons (Fsp3) is 0.632. The van der Waals surface area contributed by atoms with Crippen LogP contribution in [0, 0.1) is 0 Å². The summed E-state index contributed by atoms with van der Waals surface area (Å²) in [6.45, 7) is 5.50. The van der Waals surface area contributed by atoms with E-state index in [4.69, 9.17) is 9.47 Å². The maximum atomic E-state index is 13.0. The molecule has 2 heterocycles. The van der Waals surface area contributed by atoms with E-state index in [9.17, 15) is 18.0 Å². The number of benzene rings is 1. The highest BCUT2D eigenvalue weighted by Crippen LogP contribution is 2.29. The maximum absolute atomic E-state index is 13.0. The van der Waals surface area contributed by atoms with Crippen molar-refractivity contribution in [3.63, 3.8) is 0 Å². The van der Waals surface area contributed by atoms with Crippen LogP contribution in [0.15, 0.2) is 24.3 Å². The van der Waals surface area contributed by atoms with Gasteiger partial charge in [-0.05, 0) is 37.1 Å². The Kier molecular flexibility index (Phi) is 6.73. The molecule has 0 N–H and O–H groups in total. The predicted octanol–water partition coefficient (Wildman–Crippen LogP) is 2.66. The lowest BCUT2D eigenvalue weighted by Gasteiger charge is -2.36. The second kappa shape index (κ2) is 9.03. The summed E-state index contributed by atoms with van der Waals surface area (Å²) < 4.78 is 49.1. The van der Waals surface area contributed by atoms with Gasteiger partial charge in [-0.15, -0.1) is 0 Å². The predicted molar refractivity (Wildman–Crippen MR) is 93.6 cm³/mol. The van der Waals surface area contributed by atoms with Crippen LogP contribution in [0.4, 0.5) is 13.2 Å². The first-order valence-electron chi connectivity index (χ1n) is 9.31. The van der Waals surface area contributed by atoms with Gasteiger partial charge in [0.05, 0.1) is 18.8 Å². The van der Waals surface area contributed by atoms with Crippen LogP contribution in [0.1, 0.15) is 28.8 Å². The zero-order chi connectivity index (χ0) is 19.3. The quantitative estimate of drug-likeness (QED) is 0.780. The maximum Gasteiger partial charge on any atom is 0.416 e. The monoisotopic (exact) mass is 386 g/mol. The summed E-state index contributed by atoms with van der Waals surface area (Å²) in [5, 5.41) is 0. The van der Waals surface area contributed by atoms with Gasteiger partial charge in [-0.25, -0.2) is 0 Å². The standard InChI is InChI=1S/C19H25F3N2O3/c20-19(21,22)16-3-1-15(2-4-16)18(25)24(17-5-11-26-12-6-17)8-7-23-9-13-27-14-10-23/h1-4,17H,5-14H2. The Morgan fingerprint density at radius 2 is 1.63 bits per heavy atom. The van der Waals surface area contributed by atoms with Crippen LogP contribution in [0.2, 0.25) is 0 Å². The molecule has 2 aliphatic heterocycles. The second-order valence-corrected chi connectivity index (χ2v) is 6.87. The molecule has 5 nitrogen and oxygen atoms in total. The third-order valence-corrected chi connectivity index (χ3v) is 5.11. The molecule has 0 aromatic heterocycles. The van der Waals surface area contributed by atoms with Crippen LogP contribution in [0.3, 0.4) is 0 Å². The highest BCUT2D eigenvalue weighted by Gasteiger charge is 2.31. The number of alkyl halides is 3. The molecule has 0 bridgehead atoms. The number of carbonyl (C=O) groups is 1. The molecule has 2 saturated heterocycles. The number of halogens is 3. The van der Waals surface area contributed by atoms with Crippen molar-refractivity contribution >= 4 is 5.91 Å². The minimum absolute atomic E-state index is 0.0505. The molecule has 1 aromatic rings. The molecule has 150 valence electrons. The van der Waals surface area contributed by atoms with Crippen LogP contribution in [0.25, 0.3) is 0 Å². The molecular weight excluding hydrogens is 361 g/mol. The van der Waals surface area contributed by atoms with Crippen molar-refractivity contribution in [3.05, 3.63) is 35.4 Å². The first-order valence-corrected chi connectivity index (χ1v) is 9.31. The van der Waals surface area contributed by atoms with E-state index < -0.39 is 11.7 Å². The van der Waals surface area contributed by atoms with E-state index in [1.165, 1.54) is 12.1 Å². The number of amides is 1. The fourth-order valence-electron chi connectivity index (χ4n) is 3.49. The first-order chi connectivity index (χ1) is 12.9. The van der Waals surface area contributed by atoms with E-state index in [1.807, 2.05) is 0 Å². The van der Waals surface area contributed by atoms with Crippen LogP contribution < -0.4 is 0 Å². The summed E-state index contributed by atoms with van der Waals surface area (Å²) in [7, 11) is 0. The number of morpholine rings is 1. The van der Waals surface area contributed by atoms with Gasteiger partial charge in [-0.1, -0.05) is 0 Å². The van der Waals surface area contributed by atoms with E-state index in [-0.39, 0.29) is 17.5 Å². The lowest BCUT2D eigenvalue weighted by Crippen LogP contribution is -2.48. The van der Waals surface area contributed by atoms with Gasteiger partial charge < -0.3 is 14.4 Å². The number of hydrogen-bond donors (Lipinski definition) is 0. The highest BCUT2D eigenvalue weighted by atomic mass is 19.4. The van der Waals surface area contributed by atoms with Crippen LogP contribution >= 0.6 is 0 Å². The Morgan fingerprint density at radius 1 is 1.04 bits per heavy atom. The number of rotatable bonds is 5. The first kappa shape index (κ1) is 20.1. The molecule has 2 fully saturated rings. The van der Waals surface area contributed by atoms with Gasteiger partial charge in [0.15, 0.2) is 0 Å². The smallest absolute Gasteiger partial charge is 0.381 e. The third-order valence-electron chi connectivity index (χ3n) is 5.11. The average Bonchev–Trinajstić information content (AvgIpc) is 2.69. The number of ether oxygens (including phenoxy) is 2. The van der Waals surface area contributed by atoms with E-state index in [2.05, 4.69) is 4.90 Å². The van der Waals surface area contributed by atoms with Gasteiger partial charge in [0.25, 0.3) is 5.91 Å². The normalized spacial score (nSPS) is 19.8. The zero-order valence-corrected chi connectivity index (χ0v) is 15.2. The Hall–Kier alpha value is -1.64. The van der Waals surface area contributed by atoms with Gasteiger partial charge in [-0.3, -0.25) is 9.69 Å². The van der Waals surface area contributed by atoms with Crippen molar-refractivity contribution in [1.29, 1.82) is 0 Å². The molecule has 3 rings (SSSR count). The SMILES string of the molecule is O=C(c1ccc(C(F)(F)F)cc1)N(CCN1CCOCC1)C1CCOCC1. The topological polar surface area (TPSA) is 42.0 Å². The molecular formula is C19H25F3N2O3. The van der Waals surface area contributed by atoms with Gasteiger partial charge >= 0.3 is 6.18 Å². The molecule has 0 spiro atoms. The third kappa shape index (κ3) is 5.43. The van der Waals surface area contributed by atoms with E-state index in [0.29, 0.717) is 33.0 Å². The van der Waals surface area contributed by atoms with Gasteiger partial charge in [0.1, 0.15) is 0 Å². The lowest BCUT2D eigenvalue weighted by molar-refractivity contribution is -0.137. The van der Waals surface area contributed by atoms with E-state index in [0.717, 1.165) is 44.6 Å². The van der Waals surface area contributed by atoms with Crippen molar-refractivity contribution in [2.24, 2.45) is 0 Å². The summed E-state index contributed by atoms with van der Waals surface area (Å²) in [6.07, 6.45) is -2.91. The Labute approximate surface area is 157 Å². The van der Waals surface area contributed by atoms with Gasteiger partial charge in [0, 0.05) is 51.0 Å². The highest BCUT2D eigenvalue weighted by molar-refractivity contribution is 5.94. The summed E-state index contributed by atoms with van der Waals surface area (Å²) in [6, 6.07) is 4.53. The molecule has 0 atom stereocenters. The van der Waals surface area contributed by atoms with Crippen molar-refractivity contribution < 1.29 is 27.4 Å². The summed E-state index contributed by atoms with van der Waals surface area (Å²) in [5.41, 5.74) is -0.457. The average molecular weight is 386 g/mol. The minimum atomic E-state index is -4.40. The molecule has 8 heteroatoms. The van der Waals surface area contributed by atoms with Crippen molar-refractivity contribution in [1.82, 2.24) is 9.80 Å². The van der Waals surface area contributed by atoms with Gasteiger partial charge in [0.2, 0.25) is 0 Å². The molecule has 0 radical (unpaired) electrons.